The Labute approximate surface area is 175 Å². The number of amides is 1. The third-order valence-electron chi connectivity index (χ3n) is 4.24. The SMILES string of the molecule is C#CCOC(=O)C(Cc1cccc(Oc2ccccc2)c1)NC(=O)c1ccccc1. The second-order valence-corrected chi connectivity index (χ2v) is 6.47. The molecule has 0 aliphatic carbocycles. The molecule has 0 saturated heterocycles. The van der Waals surface area contributed by atoms with E-state index >= 15 is 0 Å². The number of nitrogens with one attached hydrogen (secondary N) is 1. The highest BCUT2D eigenvalue weighted by atomic mass is 16.5. The molecule has 1 unspecified atom stereocenters. The Morgan fingerprint density at radius 3 is 2.27 bits per heavy atom. The van der Waals surface area contributed by atoms with Crippen molar-refractivity contribution in [3.63, 3.8) is 0 Å². The molecule has 0 heterocycles. The third-order valence-corrected chi connectivity index (χ3v) is 4.24. The van der Waals surface area contributed by atoms with Gasteiger partial charge in [0, 0.05) is 12.0 Å². The minimum atomic E-state index is -0.891. The smallest absolute Gasteiger partial charge is 0.329 e. The molecule has 1 amide bonds. The standard InChI is InChI=1S/C25H21NO4/c1-2-16-29-25(28)23(26-24(27)20-11-5-3-6-12-20)18-19-10-9-15-22(17-19)30-21-13-7-4-8-14-21/h1,3-15,17,23H,16,18H2,(H,26,27). The second kappa shape index (κ2) is 10.5. The first-order valence-electron chi connectivity index (χ1n) is 9.43. The van der Waals surface area contributed by atoms with Crippen molar-refractivity contribution in [3.05, 3.63) is 96.1 Å². The predicted octanol–water partition coefficient (Wildman–Crippen LogP) is 4.00. The molecule has 3 aromatic carbocycles. The van der Waals surface area contributed by atoms with Crippen LogP contribution in [0.5, 0.6) is 11.5 Å². The third kappa shape index (κ3) is 5.98. The number of esters is 1. The normalized spacial score (nSPS) is 11.0. The molecule has 3 aromatic rings. The quantitative estimate of drug-likeness (QED) is 0.459. The first-order valence-corrected chi connectivity index (χ1v) is 9.43. The molecular weight excluding hydrogens is 378 g/mol. The molecule has 3 rings (SSSR count). The summed E-state index contributed by atoms with van der Waals surface area (Å²) in [5.41, 5.74) is 1.26. The molecule has 0 aliphatic heterocycles. The van der Waals surface area contributed by atoms with Crippen molar-refractivity contribution in [1.29, 1.82) is 0 Å². The van der Waals surface area contributed by atoms with Gasteiger partial charge in [-0.1, -0.05) is 54.5 Å². The number of carbonyl (C=O) groups is 2. The van der Waals surface area contributed by atoms with Crippen LogP contribution in [-0.2, 0) is 16.0 Å². The van der Waals surface area contributed by atoms with Gasteiger partial charge in [-0.3, -0.25) is 4.79 Å². The highest BCUT2D eigenvalue weighted by Gasteiger charge is 2.23. The molecule has 30 heavy (non-hydrogen) atoms. The molecule has 1 atom stereocenters. The number of carbonyl (C=O) groups excluding carboxylic acids is 2. The van der Waals surface area contributed by atoms with E-state index in [1.54, 1.807) is 24.3 Å². The summed E-state index contributed by atoms with van der Waals surface area (Å²) in [6.45, 7) is -0.159. The topological polar surface area (TPSA) is 64.6 Å². The molecule has 0 saturated carbocycles. The van der Waals surface area contributed by atoms with Crippen LogP contribution in [0.3, 0.4) is 0 Å². The summed E-state index contributed by atoms with van der Waals surface area (Å²) in [6, 6.07) is 24.5. The zero-order valence-electron chi connectivity index (χ0n) is 16.3. The molecule has 0 spiro atoms. The number of ether oxygens (including phenoxy) is 2. The summed E-state index contributed by atoms with van der Waals surface area (Å²) in [4.78, 5) is 25.0. The Morgan fingerprint density at radius 2 is 1.57 bits per heavy atom. The van der Waals surface area contributed by atoms with E-state index in [0.717, 1.165) is 5.56 Å². The van der Waals surface area contributed by atoms with Gasteiger partial charge in [-0.2, -0.15) is 0 Å². The Morgan fingerprint density at radius 1 is 0.900 bits per heavy atom. The van der Waals surface area contributed by atoms with Gasteiger partial charge in [-0.15, -0.1) is 6.42 Å². The van der Waals surface area contributed by atoms with Gasteiger partial charge < -0.3 is 14.8 Å². The monoisotopic (exact) mass is 399 g/mol. The maximum absolute atomic E-state index is 12.5. The summed E-state index contributed by atoms with van der Waals surface area (Å²) in [5, 5.41) is 2.74. The number of hydrogen-bond donors (Lipinski definition) is 1. The predicted molar refractivity (Wildman–Crippen MR) is 114 cm³/mol. The number of para-hydroxylation sites is 1. The fourth-order valence-electron chi connectivity index (χ4n) is 2.83. The Kier molecular flexibility index (Phi) is 7.23. The average Bonchev–Trinajstić information content (AvgIpc) is 2.78. The lowest BCUT2D eigenvalue weighted by molar-refractivity contribution is -0.144. The second-order valence-electron chi connectivity index (χ2n) is 6.47. The van der Waals surface area contributed by atoms with Crippen LogP contribution in [0.25, 0.3) is 0 Å². The number of rotatable bonds is 8. The fraction of sp³-hybridized carbons (Fsp3) is 0.120. The summed E-state index contributed by atoms with van der Waals surface area (Å²) >= 11 is 0. The van der Waals surface area contributed by atoms with Gasteiger partial charge >= 0.3 is 5.97 Å². The number of terminal acetylenes is 1. The summed E-state index contributed by atoms with van der Waals surface area (Å²) in [5.74, 6) is 2.64. The largest absolute Gasteiger partial charge is 0.457 e. The van der Waals surface area contributed by atoms with Crippen LogP contribution < -0.4 is 10.1 Å². The maximum atomic E-state index is 12.5. The van der Waals surface area contributed by atoms with Crippen molar-refractivity contribution in [3.8, 4) is 23.8 Å². The first kappa shape index (κ1) is 20.7. The van der Waals surface area contributed by atoms with Gasteiger partial charge in [0.15, 0.2) is 6.61 Å². The summed E-state index contributed by atoms with van der Waals surface area (Å²) < 4.78 is 10.9. The van der Waals surface area contributed by atoms with Crippen LogP contribution >= 0.6 is 0 Å². The van der Waals surface area contributed by atoms with Crippen LogP contribution in [0, 0.1) is 12.3 Å². The van der Waals surface area contributed by atoms with E-state index in [9.17, 15) is 9.59 Å². The summed E-state index contributed by atoms with van der Waals surface area (Å²) in [6.07, 6.45) is 5.41. The van der Waals surface area contributed by atoms with Crippen molar-refractivity contribution < 1.29 is 19.1 Å². The molecule has 0 bridgehead atoms. The van der Waals surface area contributed by atoms with Crippen LogP contribution in [0.4, 0.5) is 0 Å². The van der Waals surface area contributed by atoms with Gasteiger partial charge in [0.25, 0.3) is 5.91 Å². The highest BCUT2D eigenvalue weighted by Crippen LogP contribution is 2.22. The first-order chi connectivity index (χ1) is 14.7. The van der Waals surface area contributed by atoms with Crippen molar-refractivity contribution >= 4 is 11.9 Å². The molecule has 0 aliphatic rings. The van der Waals surface area contributed by atoms with E-state index in [2.05, 4.69) is 11.2 Å². The molecular formula is C25H21NO4. The van der Waals surface area contributed by atoms with Gasteiger partial charge in [0.05, 0.1) is 0 Å². The molecule has 0 fully saturated rings. The average molecular weight is 399 g/mol. The van der Waals surface area contributed by atoms with Gasteiger partial charge in [0.2, 0.25) is 0 Å². The lowest BCUT2D eigenvalue weighted by Gasteiger charge is -2.18. The highest BCUT2D eigenvalue weighted by molar-refractivity contribution is 5.96. The van der Waals surface area contributed by atoms with Crippen LogP contribution in [0.2, 0.25) is 0 Å². The maximum Gasteiger partial charge on any atom is 0.329 e. The molecule has 0 aromatic heterocycles. The van der Waals surface area contributed by atoms with Crippen LogP contribution in [-0.4, -0.2) is 24.5 Å². The lowest BCUT2D eigenvalue weighted by Crippen LogP contribution is -2.43. The van der Waals surface area contributed by atoms with Gasteiger partial charge in [-0.25, -0.2) is 4.79 Å². The molecule has 5 nitrogen and oxygen atoms in total. The van der Waals surface area contributed by atoms with Crippen molar-refractivity contribution in [1.82, 2.24) is 5.32 Å². The Hall–Kier alpha value is -4.04. The Balaban J connectivity index is 1.75. The lowest BCUT2D eigenvalue weighted by atomic mass is 10.0. The van der Waals surface area contributed by atoms with Gasteiger partial charge in [0.1, 0.15) is 17.5 Å². The minimum absolute atomic E-state index is 0.159. The van der Waals surface area contributed by atoms with E-state index in [1.807, 2.05) is 60.7 Å². The minimum Gasteiger partial charge on any atom is -0.457 e. The fourth-order valence-corrected chi connectivity index (χ4v) is 2.83. The zero-order chi connectivity index (χ0) is 21.2. The van der Waals surface area contributed by atoms with E-state index in [1.165, 1.54) is 0 Å². The molecule has 150 valence electrons. The van der Waals surface area contributed by atoms with Crippen LogP contribution in [0.1, 0.15) is 15.9 Å². The van der Waals surface area contributed by atoms with E-state index in [-0.39, 0.29) is 18.9 Å². The van der Waals surface area contributed by atoms with Crippen molar-refractivity contribution in [2.75, 3.05) is 6.61 Å². The van der Waals surface area contributed by atoms with Crippen molar-refractivity contribution in [2.45, 2.75) is 12.5 Å². The number of hydrogen-bond acceptors (Lipinski definition) is 4. The number of benzene rings is 3. The summed E-state index contributed by atoms with van der Waals surface area (Å²) in [7, 11) is 0. The zero-order valence-corrected chi connectivity index (χ0v) is 16.3. The Bertz CT molecular complexity index is 1030. The van der Waals surface area contributed by atoms with E-state index in [0.29, 0.717) is 17.1 Å². The van der Waals surface area contributed by atoms with Crippen LogP contribution in [0.15, 0.2) is 84.9 Å². The molecule has 0 radical (unpaired) electrons. The molecule has 5 heteroatoms. The molecule has 1 N–H and O–H groups in total. The van der Waals surface area contributed by atoms with E-state index in [4.69, 9.17) is 15.9 Å². The van der Waals surface area contributed by atoms with Gasteiger partial charge in [-0.05, 0) is 42.0 Å². The van der Waals surface area contributed by atoms with Crippen molar-refractivity contribution in [2.24, 2.45) is 0 Å². The van der Waals surface area contributed by atoms with E-state index < -0.39 is 12.0 Å².